The van der Waals surface area contributed by atoms with E-state index >= 15 is 0 Å². The zero-order valence-electron chi connectivity index (χ0n) is 10.2. The highest BCUT2D eigenvalue weighted by atomic mass is 16.5. The summed E-state index contributed by atoms with van der Waals surface area (Å²) < 4.78 is 10.4. The molecule has 90 valence electrons. The highest BCUT2D eigenvalue weighted by Gasteiger charge is 2.03. The van der Waals surface area contributed by atoms with E-state index in [2.05, 4.69) is 16.7 Å². The molecule has 0 saturated heterocycles. The highest BCUT2D eigenvalue weighted by molar-refractivity contribution is 5.42. The number of methoxy groups -OCH3 is 2. The van der Waals surface area contributed by atoms with Gasteiger partial charge in [0.25, 0.3) is 0 Å². The first-order valence-corrected chi connectivity index (χ1v) is 5.38. The van der Waals surface area contributed by atoms with Crippen molar-refractivity contribution in [3.63, 3.8) is 0 Å². The van der Waals surface area contributed by atoms with Gasteiger partial charge in [0.05, 0.1) is 14.2 Å². The second-order valence-electron chi connectivity index (χ2n) is 3.47. The smallest absolute Gasteiger partial charge is 0.160 e. The van der Waals surface area contributed by atoms with E-state index in [1.807, 2.05) is 19.2 Å². The minimum Gasteiger partial charge on any atom is -0.493 e. The van der Waals surface area contributed by atoms with Crippen LogP contribution < -0.4 is 20.1 Å². The number of rotatable bonds is 7. The van der Waals surface area contributed by atoms with Crippen LogP contribution in [-0.2, 0) is 6.42 Å². The number of hydrogen-bond acceptors (Lipinski definition) is 4. The average Bonchev–Trinajstić information content (AvgIpc) is 2.34. The molecule has 0 bridgehead atoms. The Kier molecular flexibility index (Phi) is 5.67. The third-order valence-corrected chi connectivity index (χ3v) is 2.34. The van der Waals surface area contributed by atoms with Gasteiger partial charge in [-0.25, -0.2) is 0 Å². The molecule has 2 N–H and O–H groups in total. The molecule has 0 saturated carbocycles. The van der Waals surface area contributed by atoms with E-state index < -0.39 is 0 Å². The number of benzene rings is 1. The van der Waals surface area contributed by atoms with Crippen molar-refractivity contribution in [3.8, 4) is 11.5 Å². The Labute approximate surface area is 96.9 Å². The summed E-state index contributed by atoms with van der Waals surface area (Å²) >= 11 is 0. The molecule has 0 fully saturated rings. The first-order chi connectivity index (χ1) is 7.81. The molecule has 4 nitrogen and oxygen atoms in total. The third-order valence-electron chi connectivity index (χ3n) is 2.34. The molecule has 16 heavy (non-hydrogen) atoms. The van der Waals surface area contributed by atoms with Gasteiger partial charge in [0.1, 0.15) is 0 Å². The van der Waals surface area contributed by atoms with Crippen LogP contribution in [-0.4, -0.2) is 34.5 Å². The van der Waals surface area contributed by atoms with Crippen molar-refractivity contribution in [1.82, 2.24) is 10.6 Å². The van der Waals surface area contributed by atoms with Crippen LogP contribution in [0.2, 0.25) is 0 Å². The molecule has 0 aliphatic heterocycles. The Morgan fingerprint density at radius 3 is 2.50 bits per heavy atom. The molecular formula is C12H20N2O2. The third kappa shape index (κ3) is 3.72. The fraction of sp³-hybridized carbons (Fsp3) is 0.500. The van der Waals surface area contributed by atoms with Gasteiger partial charge < -0.3 is 20.1 Å². The molecule has 1 aromatic carbocycles. The lowest BCUT2D eigenvalue weighted by Crippen LogP contribution is -2.27. The first-order valence-electron chi connectivity index (χ1n) is 5.38. The van der Waals surface area contributed by atoms with Crippen molar-refractivity contribution in [1.29, 1.82) is 0 Å². The Morgan fingerprint density at radius 2 is 1.88 bits per heavy atom. The van der Waals surface area contributed by atoms with Gasteiger partial charge in [-0.05, 0) is 31.2 Å². The normalized spacial score (nSPS) is 10.2. The Bertz CT molecular complexity index is 316. The van der Waals surface area contributed by atoms with Gasteiger partial charge in [0.15, 0.2) is 11.5 Å². The van der Waals surface area contributed by atoms with Crippen LogP contribution in [0.4, 0.5) is 0 Å². The monoisotopic (exact) mass is 224 g/mol. The van der Waals surface area contributed by atoms with Crippen molar-refractivity contribution in [3.05, 3.63) is 23.8 Å². The molecule has 0 radical (unpaired) electrons. The minimum atomic E-state index is 0.773. The maximum Gasteiger partial charge on any atom is 0.160 e. The quantitative estimate of drug-likeness (QED) is 0.536. The van der Waals surface area contributed by atoms with Gasteiger partial charge >= 0.3 is 0 Å². The van der Waals surface area contributed by atoms with Crippen LogP contribution in [0.1, 0.15) is 5.56 Å². The first kappa shape index (κ1) is 12.8. The minimum absolute atomic E-state index is 0.773. The molecule has 0 unspecified atom stereocenters. The molecule has 0 aromatic heterocycles. The van der Waals surface area contributed by atoms with Crippen molar-refractivity contribution in [2.24, 2.45) is 0 Å². The fourth-order valence-corrected chi connectivity index (χ4v) is 1.48. The van der Waals surface area contributed by atoms with Crippen LogP contribution in [0.3, 0.4) is 0 Å². The van der Waals surface area contributed by atoms with Crippen molar-refractivity contribution in [2.75, 3.05) is 34.5 Å². The Balaban J connectivity index is 2.54. The van der Waals surface area contributed by atoms with Crippen LogP contribution in [0.25, 0.3) is 0 Å². The summed E-state index contributed by atoms with van der Waals surface area (Å²) in [5.41, 5.74) is 1.24. The van der Waals surface area contributed by atoms with Gasteiger partial charge in [-0.1, -0.05) is 6.07 Å². The van der Waals surface area contributed by atoms with Crippen LogP contribution >= 0.6 is 0 Å². The van der Waals surface area contributed by atoms with E-state index in [0.717, 1.165) is 31.1 Å². The molecule has 0 atom stereocenters. The van der Waals surface area contributed by atoms with Crippen LogP contribution in [0, 0.1) is 0 Å². The van der Waals surface area contributed by atoms with E-state index in [0.29, 0.717) is 0 Å². The predicted molar refractivity (Wildman–Crippen MR) is 65.2 cm³/mol. The van der Waals surface area contributed by atoms with Gasteiger partial charge in [-0.2, -0.15) is 0 Å². The van der Waals surface area contributed by atoms with Crippen molar-refractivity contribution < 1.29 is 9.47 Å². The SMILES string of the molecule is CNCNCCc1ccc(OC)c(OC)c1. The van der Waals surface area contributed by atoms with E-state index in [1.165, 1.54) is 5.56 Å². The molecular weight excluding hydrogens is 204 g/mol. The van der Waals surface area contributed by atoms with E-state index in [-0.39, 0.29) is 0 Å². The Morgan fingerprint density at radius 1 is 1.12 bits per heavy atom. The number of ether oxygens (including phenoxy) is 2. The van der Waals surface area contributed by atoms with Crippen LogP contribution in [0.15, 0.2) is 18.2 Å². The summed E-state index contributed by atoms with van der Waals surface area (Å²) in [4.78, 5) is 0. The molecule has 0 spiro atoms. The van der Waals surface area contributed by atoms with Crippen molar-refractivity contribution in [2.45, 2.75) is 6.42 Å². The van der Waals surface area contributed by atoms with Gasteiger partial charge in [-0.15, -0.1) is 0 Å². The average molecular weight is 224 g/mol. The molecule has 0 aliphatic rings. The summed E-state index contributed by atoms with van der Waals surface area (Å²) in [6, 6.07) is 6.01. The highest BCUT2D eigenvalue weighted by Crippen LogP contribution is 2.27. The topological polar surface area (TPSA) is 42.5 Å². The summed E-state index contributed by atoms with van der Waals surface area (Å²) in [7, 11) is 5.22. The van der Waals surface area contributed by atoms with Gasteiger partial charge in [0.2, 0.25) is 0 Å². The summed E-state index contributed by atoms with van der Waals surface area (Å²) in [5, 5.41) is 6.31. The molecule has 0 heterocycles. The summed E-state index contributed by atoms with van der Waals surface area (Å²) in [5.74, 6) is 1.56. The molecule has 1 aromatic rings. The summed E-state index contributed by atoms with van der Waals surface area (Å²) in [6.45, 7) is 1.77. The number of hydrogen-bond donors (Lipinski definition) is 2. The molecule has 0 aliphatic carbocycles. The Hall–Kier alpha value is -1.26. The van der Waals surface area contributed by atoms with E-state index in [1.54, 1.807) is 14.2 Å². The summed E-state index contributed by atoms with van der Waals surface area (Å²) in [6.07, 6.45) is 0.974. The maximum atomic E-state index is 5.25. The predicted octanol–water partition coefficient (Wildman–Crippen LogP) is 1.01. The van der Waals surface area contributed by atoms with E-state index in [4.69, 9.17) is 9.47 Å². The van der Waals surface area contributed by atoms with Crippen molar-refractivity contribution >= 4 is 0 Å². The van der Waals surface area contributed by atoms with Gasteiger partial charge in [0, 0.05) is 13.2 Å². The largest absolute Gasteiger partial charge is 0.493 e. The second kappa shape index (κ2) is 7.09. The standard InChI is InChI=1S/C12H20N2O2/c1-13-9-14-7-6-10-4-5-11(15-2)12(8-10)16-3/h4-5,8,13-14H,6-7,9H2,1-3H3. The van der Waals surface area contributed by atoms with Gasteiger partial charge in [-0.3, -0.25) is 0 Å². The lowest BCUT2D eigenvalue weighted by Gasteiger charge is -2.09. The fourth-order valence-electron chi connectivity index (χ4n) is 1.48. The lowest BCUT2D eigenvalue weighted by atomic mass is 10.1. The lowest BCUT2D eigenvalue weighted by molar-refractivity contribution is 0.354. The second-order valence-corrected chi connectivity index (χ2v) is 3.47. The zero-order chi connectivity index (χ0) is 11.8. The molecule has 4 heteroatoms. The number of nitrogens with one attached hydrogen (secondary N) is 2. The zero-order valence-corrected chi connectivity index (χ0v) is 10.2. The molecule has 0 amide bonds. The van der Waals surface area contributed by atoms with E-state index in [9.17, 15) is 0 Å². The molecule has 1 rings (SSSR count). The van der Waals surface area contributed by atoms with Crippen LogP contribution in [0.5, 0.6) is 11.5 Å². The maximum absolute atomic E-state index is 5.25.